The van der Waals surface area contributed by atoms with Crippen LogP contribution in [0.25, 0.3) is 0 Å². The number of carbonyl (C=O) groups excluding carboxylic acids is 1. The van der Waals surface area contributed by atoms with E-state index in [4.69, 9.17) is 0 Å². The van der Waals surface area contributed by atoms with Crippen LogP contribution in [0.2, 0.25) is 0 Å². The van der Waals surface area contributed by atoms with E-state index >= 15 is 0 Å². The van der Waals surface area contributed by atoms with Crippen LogP contribution < -0.4 is 5.32 Å². The number of hydrogen-bond donors (Lipinski definition) is 1. The van der Waals surface area contributed by atoms with Crippen molar-refractivity contribution >= 4 is 15.9 Å². The van der Waals surface area contributed by atoms with Crippen molar-refractivity contribution in [3.8, 4) is 0 Å². The summed E-state index contributed by atoms with van der Waals surface area (Å²) >= 11 is 0. The molecule has 144 valence electrons. The molecule has 0 aliphatic carbocycles. The standard InChI is InChI=1S/C20H25N3O3S/c1-15-3-4-19(16(2)13-15)27(25,26)23-11-7-18(8-12-23)20(24)22-14-17-5-9-21-10-6-17/h3-6,9-10,13,18H,7-8,11-12,14H2,1-2H3,(H,22,24). The fourth-order valence-corrected chi connectivity index (χ4v) is 5.10. The van der Waals surface area contributed by atoms with Gasteiger partial charge in [0.2, 0.25) is 15.9 Å². The maximum Gasteiger partial charge on any atom is 0.243 e. The van der Waals surface area contributed by atoms with Gasteiger partial charge in [-0.05, 0) is 56.0 Å². The first-order valence-electron chi connectivity index (χ1n) is 9.12. The quantitative estimate of drug-likeness (QED) is 0.854. The second-order valence-corrected chi connectivity index (χ2v) is 8.93. The number of rotatable bonds is 5. The molecule has 3 rings (SSSR count). The molecular formula is C20H25N3O3S. The van der Waals surface area contributed by atoms with Crippen molar-refractivity contribution < 1.29 is 13.2 Å². The topological polar surface area (TPSA) is 79.4 Å². The Balaban J connectivity index is 1.58. The van der Waals surface area contributed by atoms with Gasteiger partial charge in [-0.3, -0.25) is 9.78 Å². The van der Waals surface area contributed by atoms with Gasteiger partial charge in [-0.15, -0.1) is 0 Å². The third kappa shape index (κ3) is 4.54. The van der Waals surface area contributed by atoms with Gasteiger partial charge in [0.05, 0.1) is 4.90 Å². The Kier molecular flexibility index (Phi) is 5.92. The Labute approximate surface area is 160 Å². The Morgan fingerprint density at radius 2 is 1.81 bits per heavy atom. The summed E-state index contributed by atoms with van der Waals surface area (Å²) in [5.41, 5.74) is 2.79. The van der Waals surface area contributed by atoms with Crippen LogP contribution in [0.15, 0.2) is 47.6 Å². The highest BCUT2D eigenvalue weighted by Crippen LogP contribution is 2.26. The van der Waals surface area contributed by atoms with Gasteiger partial charge in [0.1, 0.15) is 0 Å². The second kappa shape index (κ2) is 8.19. The van der Waals surface area contributed by atoms with Crippen molar-refractivity contribution in [1.29, 1.82) is 0 Å². The smallest absolute Gasteiger partial charge is 0.243 e. The molecule has 1 fully saturated rings. The van der Waals surface area contributed by atoms with Gasteiger partial charge in [-0.2, -0.15) is 4.31 Å². The number of sulfonamides is 1. The zero-order valence-corrected chi connectivity index (χ0v) is 16.5. The molecule has 2 aromatic rings. The number of aromatic nitrogens is 1. The first-order chi connectivity index (χ1) is 12.9. The number of benzene rings is 1. The maximum atomic E-state index is 12.9. The van der Waals surface area contributed by atoms with Crippen LogP contribution in [0, 0.1) is 19.8 Å². The minimum Gasteiger partial charge on any atom is -0.352 e. The fraction of sp³-hybridized carbons (Fsp3) is 0.400. The van der Waals surface area contributed by atoms with Gasteiger partial charge in [0, 0.05) is 37.9 Å². The van der Waals surface area contributed by atoms with Crippen molar-refractivity contribution in [1.82, 2.24) is 14.6 Å². The third-order valence-electron chi connectivity index (χ3n) is 4.99. The molecule has 2 heterocycles. The van der Waals surface area contributed by atoms with Crippen molar-refractivity contribution in [2.45, 2.75) is 38.1 Å². The van der Waals surface area contributed by atoms with E-state index < -0.39 is 10.0 Å². The summed E-state index contributed by atoms with van der Waals surface area (Å²) in [5.74, 6) is -0.173. The van der Waals surface area contributed by atoms with E-state index in [0.717, 1.165) is 16.7 Å². The predicted molar refractivity (Wildman–Crippen MR) is 103 cm³/mol. The molecule has 0 unspecified atom stereocenters. The van der Waals surface area contributed by atoms with Crippen LogP contribution in [0.5, 0.6) is 0 Å². The SMILES string of the molecule is Cc1ccc(S(=O)(=O)N2CCC(C(=O)NCc3ccncc3)CC2)c(C)c1. The molecule has 0 bridgehead atoms. The summed E-state index contributed by atoms with van der Waals surface area (Å²) in [7, 11) is -3.52. The van der Waals surface area contributed by atoms with E-state index in [1.165, 1.54) is 4.31 Å². The largest absolute Gasteiger partial charge is 0.352 e. The molecule has 27 heavy (non-hydrogen) atoms. The lowest BCUT2D eigenvalue weighted by molar-refractivity contribution is -0.126. The van der Waals surface area contributed by atoms with Gasteiger partial charge in [-0.25, -0.2) is 8.42 Å². The molecule has 1 N–H and O–H groups in total. The van der Waals surface area contributed by atoms with Gasteiger partial charge in [0.25, 0.3) is 0 Å². The third-order valence-corrected chi connectivity index (χ3v) is 7.05. The van der Waals surface area contributed by atoms with Crippen molar-refractivity contribution in [2.24, 2.45) is 5.92 Å². The van der Waals surface area contributed by atoms with Crippen molar-refractivity contribution in [2.75, 3.05) is 13.1 Å². The van der Waals surface area contributed by atoms with Gasteiger partial charge in [-0.1, -0.05) is 17.7 Å². The summed E-state index contributed by atoms with van der Waals surface area (Å²) in [5, 5.41) is 2.93. The summed E-state index contributed by atoms with van der Waals surface area (Å²) in [6.07, 6.45) is 4.45. The summed E-state index contributed by atoms with van der Waals surface area (Å²) < 4.78 is 27.3. The number of pyridine rings is 1. The van der Waals surface area contributed by atoms with E-state index in [1.807, 2.05) is 38.1 Å². The van der Waals surface area contributed by atoms with Gasteiger partial charge < -0.3 is 5.32 Å². The first kappa shape index (κ1) is 19.5. The van der Waals surface area contributed by atoms with E-state index in [-0.39, 0.29) is 11.8 Å². The van der Waals surface area contributed by atoms with E-state index in [0.29, 0.717) is 37.4 Å². The molecule has 1 aromatic heterocycles. The Bertz CT molecular complexity index is 905. The predicted octanol–water partition coefficient (Wildman–Crippen LogP) is 2.42. The first-order valence-corrected chi connectivity index (χ1v) is 10.6. The van der Waals surface area contributed by atoms with E-state index in [9.17, 15) is 13.2 Å². The Hall–Kier alpha value is -2.25. The van der Waals surface area contributed by atoms with Crippen LogP contribution in [-0.4, -0.2) is 36.7 Å². The average Bonchev–Trinajstić information content (AvgIpc) is 2.66. The second-order valence-electron chi connectivity index (χ2n) is 7.02. The number of nitrogens with zero attached hydrogens (tertiary/aromatic N) is 2. The minimum absolute atomic E-state index is 0.0182. The number of aryl methyl sites for hydroxylation is 2. The number of carbonyl (C=O) groups is 1. The minimum atomic E-state index is -3.52. The number of amides is 1. The summed E-state index contributed by atoms with van der Waals surface area (Å²) in [6.45, 7) is 4.95. The zero-order chi connectivity index (χ0) is 19.4. The molecule has 6 nitrogen and oxygen atoms in total. The van der Waals surface area contributed by atoms with Gasteiger partial charge >= 0.3 is 0 Å². The molecule has 7 heteroatoms. The highest BCUT2D eigenvalue weighted by atomic mass is 32.2. The summed E-state index contributed by atoms with van der Waals surface area (Å²) in [4.78, 5) is 16.7. The van der Waals surface area contributed by atoms with Gasteiger partial charge in [0.15, 0.2) is 0 Å². The average molecular weight is 388 g/mol. The molecule has 1 saturated heterocycles. The zero-order valence-electron chi connectivity index (χ0n) is 15.7. The highest BCUT2D eigenvalue weighted by molar-refractivity contribution is 7.89. The normalized spacial score (nSPS) is 16.2. The summed E-state index contributed by atoms with van der Waals surface area (Å²) in [6, 6.07) is 9.09. The van der Waals surface area contributed by atoms with E-state index in [2.05, 4.69) is 10.3 Å². The molecule has 1 amide bonds. The van der Waals surface area contributed by atoms with Crippen LogP contribution in [-0.2, 0) is 21.4 Å². The molecule has 0 saturated carbocycles. The van der Waals surface area contributed by atoms with Crippen molar-refractivity contribution in [3.05, 3.63) is 59.4 Å². The molecular weight excluding hydrogens is 362 g/mol. The van der Waals surface area contributed by atoms with E-state index in [1.54, 1.807) is 18.5 Å². The Morgan fingerprint density at radius 1 is 1.15 bits per heavy atom. The van der Waals surface area contributed by atoms with Crippen LogP contribution in [0.1, 0.15) is 29.5 Å². The van der Waals surface area contributed by atoms with Crippen LogP contribution >= 0.6 is 0 Å². The highest BCUT2D eigenvalue weighted by Gasteiger charge is 2.32. The molecule has 1 aliphatic rings. The lowest BCUT2D eigenvalue weighted by atomic mass is 9.97. The molecule has 0 spiro atoms. The maximum absolute atomic E-state index is 12.9. The number of hydrogen-bond acceptors (Lipinski definition) is 4. The molecule has 1 aromatic carbocycles. The molecule has 1 aliphatic heterocycles. The lowest BCUT2D eigenvalue weighted by Gasteiger charge is -2.31. The van der Waals surface area contributed by atoms with Crippen LogP contribution in [0.3, 0.4) is 0 Å². The number of nitrogens with one attached hydrogen (secondary N) is 1. The van der Waals surface area contributed by atoms with Crippen LogP contribution in [0.4, 0.5) is 0 Å². The monoisotopic (exact) mass is 387 g/mol. The molecule has 0 radical (unpaired) electrons. The molecule has 0 atom stereocenters. The fourth-order valence-electron chi connectivity index (χ4n) is 3.42. The lowest BCUT2D eigenvalue weighted by Crippen LogP contribution is -2.43. The van der Waals surface area contributed by atoms with Crippen molar-refractivity contribution in [3.63, 3.8) is 0 Å². The Morgan fingerprint density at radius 3 is 2.44 bits per heavy atom. The number of piperidine rings is 1.